The molecule has 0 spiro atoms. The molecule has 4 atom stereocenters. The van der Waals surface area contributed by atoms with Gasteiger partial charge in [-0.15, -0.1) is 0 Å². The van der Waals surface area contributed by atoms with Crippen molar-refractivity contribution >= 4 is 6.03 Å². The molecule has 0 aliphatic rings. The van der Waals surface area contributed by atoms with Gasteiger partial charge in [-0.25, -0.2) is 4.79 Å². The summed E-state index contributed by atoms with van der Waals surface area (Å²) in [7, 11) is 1.47. The minimum absolute atomic E-state index is 0.213. The second kappa shape index (κ2) is 22.3. The van der Waals surface area contributed by atoms with Gasteiger partial charge in [0.05, 0.1) is 13.2 Å². The molecule has 0 aromatic rings. The van der Waals surface area contributed by atoms with Crippen LogP contribution in [0.4, 0.5) is 4.79 Å². The Morgan fingerprint density at radius 3 is 1.76 bits per heavy atom. The molecule has 0 aromatic heterocycles. The molecule has 0 saturated heterocycles. The number of carbonyl (C=O) groups is 1. The van der Waals surface area contributed by atoms with Crippen LogP contribution in [-0.2, 0) is 0 Å². The van der Waals surface area contributed by atoms with E-state index in [9.17, 15) is 25.2 Å². The highest BCUT2D eigenvalue weighted by Gasteiger charge is 2.31. The predicted molar refractivity (Wildman–Crippen MR) is 137 cm³/mol. The molecule has 0 rings (SSSR count). The van der Waals surface area contributed by atoms with Crippen LogP contribution in [0, 0.1) is 0 Å². The molecule has 0 unspecified atom stereocenters. The number of aliphatic hydroxyl groups excluding tert-OH is 5. The van der Waals surface area contributed by atoms with Crippen molar-refractivity contribution in [1.29, 1.82) is 0 Å². The van der Waals surface area contributed by atoms with Crippen LogP contribution in [0.25, 0.3) is 0 Å². The summed E-state index contributed by atoms with van der Waals surface area (Å²) in [5.74, 6) is 0. The van der Waals surface area contributed by atoms with Crippen LogP contribution < -0.4 is 5.32 Å². The molecule has 0 radical (unpaired) electrons. The maximum Gasteiger partial charge on any atom is 0.317 e. The Balaban J connectivity index is 3.63. The third-order valence-electron chi connectivity index (χ3n) is 6.10. The molecular formula is C26H52N2O6. The van der Waals surface area contributed by atoms with E-state index >= 15 is 0 Å². The van der Waals surface area contributed by atoms with Crippen molar-refractivity contribution in [2.75, 3.05) is 26.7 Å². The van der Waals surface area contributed by atoms with Gasteiger partial charge >= 0.3 is 6.03 Å². The van der Waals surface area contributed by atoms with E-state index in [2.05, 4.69) is 24.4 Å². The second-order valence-corrected chi connectivity index (χ2v) is 9.35. The SMILES string of the molecule is CCCCCCCCC=CCCCCCCCCNC(=O)N(C)C[C@H](O)[C@@H](O)[C@H](O)[C@H](O)CO. The first kappa shape index (κ1) is 32.8. The molecule has 0 bridgehead atoms. The monoisotopic (exact) mass is 488 g/mol. The van der Waals surface area contributed by atoms with Gasteiger partial charge < -0.3 is 35.7 Å². The van der Waals surface area contributed by atoms with Crippen molar-refractivity contribution in [3.8, 4) is 0 Å². The molecule has 0 aromatic carbocycles. The standard InChI is InChI=1S/C26H52N2O6/c1-3-4-5-6-7-8-9-10-11-12-13-14-15-16-17-18-19-27-26(34)28(2)20-22(30)24(32)25(33)23(31)21-29/h10-11,22-25,29-33H,3-9,12-21H2,1-2H3,(H,27,34)/t22-,23+,24+,25+/m0/s1. The summed E-state index contributed by atoms with van der Waals surface area (Å²) in [4.78, 5) is 13.3. The van der Waals surface area contributed by atoms with Gasteiger partial charge in [0.25, 0.3) is 0 Å². The van der Waals surface area contributed by atoms with Gasteiger partial charge in [-0.3, -0.25) is 0 Å². The van der Waals surface area contributed by atoms with E-state index in [-0.39, 0.29) is 12.6 Å². The fraction of sp³-hybridized carbons (Fsp3) is 0.885. The number of nitrogens with zero attached hydrogens (tertiary/aromatic N) is 1. The molecule has 0 fully saturated rings. The number of hydrogen-bond donors (Lipinski definition) is 6. The Bertz CT molecular complexity index is 506. The van der Waals surface area contributed by atoms with Gasteiger partial charge in [-0.05, 0) is 32.1 Å². The Labute approximate surface area is 207 Å². The Kier molecular flexibility index (Phi) is 21.5. The topological polar surface area (TPSA) is 133 Å². The van der Waals surface area contributed by atoms with Crippen LogP contribution in [0.5, 0.6) is 0 Å². The minimum atomic E-state index is -1.70. The number of hydrogen-bond acceptors (Lipinski definition) is 6. The van der Waals surface area contributed by atoms with Gasteiger partial charge in [0.15, 0.2) is 0 Å². The summed E-state index contributed by atoms with van der Waals surface area (Å²) in [5.41, 5.74) is 0. The normalized spacial score (nSPS) is 15.3. The van der Waals surface area contributed by atoms with Crippen LogP contribution in [0.1, 0.15) is 96.8 Å². The first-order valence-electron chi connectivity index (χ1n) is 13.3. The molecule has 0 aliphatic heterocycles. The Morgan fingerprint density at radius 1 is 0.765 bits per heavy atom. The van der Waals surface area contributed by atoms with Crippen molar-refractivity contribution in [2.24, 2.45) is 0 Å². The van der Waals surface area contributed by atoms with Gasteiger partial charge in [0.1, 0.15) is 24.4 Å². The highest BCUT2D eigenvalue weighted by molar-refractivity contribution is 5.73. The fourth-order valence-corrected chi connectivity index (χ4v) is 3.74. The molecule has 0 heterocycles. The summed E-state index contributed by atoms with van der Waals surface area (Å²) in [6, 6.07) is -0.379. The number of likely N-dealkylation sites (N-methyl/N-ethyl adjacent to an activating group) is 1. The van der Waals surface area contributed by atoms with E-state index in [1.807, 2.05) is 0 Å². The Hall–Kier alpha value is -1.19. The lowest BCUT2D eigenvalue weighted by atomic mass is 10.0. The number of unbranched alkanes of at least 4 members (excludes halogenated alkanes) is 12. The summed E-state index contributed by atoms with van der Waals surface area (Å²) >= 11 is 0. The number of carbonyl (C=O) groups excluding carboxylic acids is 1. The molecule has 0 aliphatic carbocycles. The summed E-state index contributed by atoms with van der Waals surface area (Å²) in [5, 5.41) is 50.3. The van der Waals surface area contributed by atoms with E-state index in [0.717, 1.165) is 25.7 Å². The molecule has 2 amide bonds. The van der Waals surface area contributed by atoms with Crippen molar-refractivity contribution in [3.63, 3.8) is 0 Å². The minimum Gasteiger partial charge on any atom is -0.394 e. The summed E-state index contributed by atoms with van der Waals surface area (Å²) in [6.07, 6.45) is 15.5. The molecule has 8 heteroatoms. The maximum absolute atomic E-state index is 12.1. The third-order valence-corrected chi connectivity index (χ3v) is 6.10. The van der Waals surface area contributed by atoms with Crippen LogP contribution in [0.2, 0.25) is 0 Å². The number of nitrogens with one attached hydrogen (secondary N) is 1. The zero-order chi connectivity index (χ0) is 25.6. The van der Waals surface area contributed by atoms with Crippen molar-refractivity contribution < 1.29 is 30.3 Å². The highest BCUT2D eigenvalue weighted by Crippen LogP contribution is 2.10. The van der Waals surface area contributed by atoms with Crippen LogP contribution in [0.3, 0.4) is 0 Å². The van der Waals surface area contributed by atoms with Gasteiger partial charge in [-0.1, -0.05) is 76.9 Å². The molecule has 6 N–H and O–H groups in total. The first-order chi connectivity index (χ1) is 16.3. The lowest BCUT2D eigenvalue weighted by Gasteiger charge is -2.28. The largest absolute Gasteiger partial charge is 0.394 e. The quantitative estimate of drug-likeness (QED) is 0.102. The average molecular weight is 489 g/mol. The van der Waals surface area contributed by atoms with Crippen molar-refractivity contribution in [1.82, 2.24) is 10.2 Å². The highest BCUT2D eigenvalue weighted by atomic mass is 16.4. The predicted octanol–water partition coefficient (Wildman–Crippen LogP) is 3.10. The van der Waals surface area contributed by atoms with Gasteiger partial charge in [-0.2, -0.15) is 0 Å². The van der Waals surface area contributed by atoms with Gasteiger partial charge in [0, 0.05) is 13.6 Å². The number of amides is 2. The summed E-state index contributed by atoms with van der Waals surface area (Å²) < 4.78 is 0. The van der Waals surface area contributed by atoms with Crippen LogP contribution >= 0.6 is 0 Å². The van der Waals surface area contributed by atoms with E-state index in [1.165, 1.54) is 76.2 Å². The smallest absolute Gasteiger partial charge is 0.317 e. The van der Waals surface area contributed by atoms with Gasteiger partial charge in [0.2, 0.25) is 0 Å². The first-order valence-corrected chi connectivity index (χ1v) is 13.3. The zero-order valence-electron chi connectivity index (χ0n) is 21.6. The zero-order valence-corrected chi connectivity index (χ0v) is 21.6. The molecular weight excluding hydrogens is 436 g/mol. The van der Waals surface area contributed by atoms with E-state index < -0.39 is 31.0 Å². The molecule has 34 heavy (non-hydrogen) atoms. The van der Waals surface area contributed by atoms with Crippen LogP contribution in [-0.4, -0.2) is 87.6 Å². The molecule has 8 nitrogen and oxygen atoms in total. The third kappa shape index (κ3) is 17.3. The summed E-state index contributed by atoms with van der Waals surface area (Å²) in [6.45, 7) is 1.83. The van der Waals surface area contributed by atoms with E-state index in [0.29, 0.717) is 6.54 Å². The van der Waals surface area contributed by atoms with Crippen molar-refractivity contribution in [2.45, 2.75) is 121 Å². The molecule has 0 saturated carbocycles. The number of allylic oxidation sites excluding steroid dienone is 2. The number of aliphatic hydroxyl groups is 5. The van der Waals surface area contributed by atoms with Crippen molar-refractivity contribution in [3.05, 3.63) is 12.2 Å². The molecule has 202 valence electrons. The lowest BCUT2D eigenvalue weighted by Crippen LogP contribution is -2.51. The van der Waals surface area contributed by atoms with E-state index in [1.54, 1.807) is 0 Å². The number of urea groups is 1. The number of rotatable bonds is 22. The second-order valence-electron chi connectivity index (χ2n) is 9.35. The fourth-order valence-electron chi connectivity index (χ4n) is 3.74. The lowest BCUT2D eigenvalue weighted by molar-refractivity contribution is -0.117. The van der Waals surface area contributed by atoms with E-state index in [4.69, 9.17) is 5.11 Å². The maximum atomic E-state index is 12.1. The Morgan fingerprint density at radius 2 is 1.24 bits per heavy atom. The van der Waals surface area contributed by atoms with Crippen LogP contribution in [0.15, 0.2) is 12.2 Å². The average Bonchev–Trinajstić information content (AvgIpc) is 2.84.